The zero-order valence-corrected chi connectivity index (χ0v) is 23.4. The lowest BCUT2D eigenvalue weighted by atomic mass is 10.1. The number of rotatable bonds is 9. The molecule has 1 unspecified atom stereocenters. The van der Waals surface area contributed by atoms with Crippen LogP contribution in [0.3, 0.4) is 0 Å². The molecule has 0 aromatic heterocycles. The van der Waals surface area contributed by atoms with E-state index in [1.807, 2.05) is 12.1 Å². The fraction of sp³-hybridized carbons (Fsp3) is 0.720. The summed E-state index contributed by atoms with van der Waals surface area (Å²) in [5, 5.41) is 3.44. The number of nitrogens with zero attached hydrogens (tertiary/aromatic N) is 5. The van der Waals surface area contributed by atoms with Crippen LogP contribution in [0.2, 0.25) is 0 Å². The largest absolute Gasteiger partial charge is 0.367 e. The Morgan fingerprint density at radius 3 is 2.42 bits per heavy atom. The molecule has 1 N–H and O–H groups in total. The summed E-state index contributed by atoms with van der Waals surface area (Å²) >= 11 is 0. The van der Waals surface area contributed by atoms with Crippen molar-refractivity contribution in [2.75, 3.05) is 76.9 Å². The van der Waals surface area contributed by atoms with Crippen molar-refractivity contribution in [3.63, 3.8) is 0 Å². The average molecular weight is 575 g/mol. The number of aliphatic imine (C=N–C) groups is 1. The normalized spacial score (nSPS) is 19.8. The van der Waals surface area contributed by atoms with Crippen LogP contribution in [0.5, 0.6) is 0 Å². The van der Waals surface area contributed by atoms with Crippen molar-refractivity contribution >= 4 is 35.6 Å². The van der Waals surface area contributed by atoms with Crippen LogP contribution in [0.1, 0.15) is 39.7 Å². The van der Waals surface area contributed by atoms with Gasteiger partial charge in [0.1, 0.15) is 5.82 Å². The van der Waals surface area contributed by atoms with E-state index in [0.717, 1.165) is 89.2 Å². The van der Waals surface area contributed by atoms with Crippen LogP contribution >= 0.6 is 24.0 Å². The third-order valence-corrected chi connectivity index (χ3v) is 6.91. The molecule has 2 fully saturated rings. The van der Waals surface area contributed by atoms with Gasteiger partial charge in [0.05, 0.1) is 12.2 Å². The summed E-state index contributed by atoms with van der Waals surface area (Å²) in [6, 6.07) is 5.64. The Kier molecular flexibility index (Phi) is 12.2. The van der Waals surface area contributed by atoms with E-state index in [4.69, 9.17) is 4.99 Å². The van der Waals surface area contributed by atoms with Crippen molar-refractivity contribution in [2.24, 2.45) is 10.9 Å². The predicted octanol–water partition coefficient (Wildman–Crippen LogP) is 3.71. The molecule has 0 bridgehead atoms. The number of hydrogen-bond acceptors (Lipinski definition) is 4. The molecule has 33 heavy (non-hydrogen) atoms. The molecule has 0 amide bonds. The minimum absolute atomic E-state index is 0. The topological polar surface area (TPSA) is 37.4 Å². The first kappa shape index (κ1) is 28.1. The molecule has 1 aromatic rings. The number of hydrogen-bond donors (Lipinski definition) is 1. The highest BCUT2D eigenvalue weighted by Gasteiger charge is 2.26. The lowest BCUT2D eigenvalue weighted by Crippen LogP contribution is -2.46. The van der Waals surface area contributed by atoms with Crippen molar-refractivity contribution in [3.05, 3.63) is 29.6 Å². The van der Waals surface area contributed by atoms with Crippen LogP contribution < -0.4 is 10.2 Å². The molecule has 2 heterocycles. The van der Waals surface area contributed by atoms with Crippen LogP contribution in [0.25, 0.3) is 0 Å². The van der Waals surface area contributed by atoms with Gasteiger partial charge in [-0.3, -0.25) is 0 Å². The maximum Gasteiger partial charge on any atom is 0.194 e. The first-order chi connectivity index (χ1) is 15.6. The zero-order chi connectivity index (χ0) is 22.9. The van der Waals surface area contributed by atoms with Crippen molar-refractivity contribution < 1.29 is 4.39 Å². The van der Waals surface area contributed by atoms with Gasteiger partial charge in [0.2, 0.25) is 0 Å². The summed E-state index contributed by atoms with van der Waals surface area (Å²) in [4.78, 5) is 14.3. The Labute approximate surface area is 217 Å². The van der Waals surface area contributed by atoms with Crippen LogP contribution in [0.4, 0.5) is 10.1 Å². The number of nitrogens with one attached hydrogen (secondary N) is 1. The van der Waals surface area contributed by atoms with Crippen LogP contribution in [0, 0.1) is 11.7 Å². The minimum atomic E-state index is -0.131. The van der Waals surface area contributed by atoms with Crippen LogP contribution in [-0.4, -0.2) is 92.7 Å². The highest BCUT2D eigenvalue weighted by Crippen LogP contribution is 2.23. The molecule has 0 saturated carbocycles. The van der Waals surface area contributed by atoms with E-state index < -0.39 is 0 Å². The summed E-state index contributed by atoms with van der Waals surface area (Å²) in [5.41, 5.74) is 1.65. The summed E-state index contributed by atoms with van der Waals surface area (Å²) < 4.78 is 14.9. The molecule has 0 spiro atoms. The summed E-state index contributed by atoms with van der Waals surface area (Å²) in [5.74, 6) is 1.51. The molecular formula is C25H44FIN6. The van der Waals surface area contributed by atoms with Gasteiger partial charge >= 0.3 is 0 Å². The quantitative estimate of drug-likeness (QED) is 0.277. The van der Waals surface area contributed by atoms with E-state index in [-0.39, 0.29) is 29.8 Å². The highest BCUT2D eigenvalue weighted by atomic mass is 127. The molecule has 2 saturated heterocycles. The smallest absolute Gasteiger partial charge is 0.194 e. The van der Waals surface area contributed by atoms with Crippen LogP contribution in [-0.2, 0) is 6.54 Å². The average Bonchev–Trinajstić information content (AvgIpc) is 3.28. The Bertz CT molecular complexity index is 734. The van der Waals surface area contributed by atoms with Gasteiger partial charge in [-0.2, -0.15) is 0 Å². The van der Waals surface area contributed by atoms with E-state index in [1.54, 1.807) is 6.07 Å². The Hall–Kier alpha value is -1.13. The van der Waals surface area contributed by atoms with E-state index in [0.29, 0.717) is 12.5 Å². The standard InChI is InChI=1S/C25H43FN6.HI/c1-5-27-25(32-12-11-22(20-32)19-29(6-2)7-3)28-18-21-9-10-24(23(26)17-21)31-15-13-30(8-4)14-16-31;/h9-10,17,22H,5-8,11-16,18-20H2,1-4H3,(H,27,28);1H. The zero-order valence-electron chi connectivity index (χ0n) is 21.0. The fourth-order valence-electron chi connectivity index (χ4n) is 4.82. The number of likely N-dealkylation sites (N-methyl/N-ethyl adjacent to an activating group) is 1. The Morgan fingerprint density at radius 1 is 1.09 bits per heavy atom. The first-order valence-corrected chi connectivity index (χ1v) is 12.6. The Balaban J connectivity index is 0.00000385. The predicted molar refractivity (Wildman–Crippen MR) is 148 cm³/mol. The molecule has 2 aliphatic heterocycles. The number of piperazine rings is 1. The molecule has 3 rings (SSSR count). The van der Waals surface area contributed by atoms with Gasteiger partial charge in [-0.05, 0) is 56.6 Å². The van der Waals surface area contributed by atoms with Crippen molar-refractivity contribution in [1.82, 2.24) is 20.0 Å². The molecule has 1 aromatic carbocycles. The van der Waals surface area contributed by atoms with E-state index in [2.05, 4.69) is 52.6 Å². The summed E-state index contributed by atoms with van der Waals surface area (Å²) in [6.07, 6.45) is 1.20. The van der Waals surface area contributed by atoms with Gasteiger partial charge in [0, 0.05) is 52.4 Å². The highest BCUT2D eigenvalue weighted by molar-refractivity contribution is 14.0. The van der Waals surface area contributed by atoms with Crippen LogP contribution in [0.15, 0.2) is 23.2 Å². The number of guanidine groups is 1. The number of likely N-dealkylation sites (tertiary alicyclic amines) is 1. The number of anilines is 1. The maximum atomic E-state index is 14.9. The summed E-state index contributed by atoms with van der Waals surface area (Å²) in [7, 11) is 0. The van der Waals surface area contributed by atoms with Crippen molar-refractivity contribution in [3.8, 4) is 0 Å². The molecule has 188 valence electrons. The molecule has 8 heteroatoms. The number of benzene rings is 1. The SMILES string of the molecule is CCNC(=NCc1ccc(N2CCN(CC)CC2)c(F)c1)N1CCC(CN(CC)CC)C1.I. The second-order valence-electron chi connectivity index (χ2n) is 8.96. The third kappa shape index (κ3) is 7.96. The van der Waals surface area contributed by atoms with E-state index in [9.17, 15) is 4.39 Å². The second-order valence-corrected chi connectivity index (χ2v) is 8.96. The lowest BCUT2D eigenvalue weighted by Gasteiger charge is -2.35. The molecule has 1 atom stereocenters. The minimum Gasteiger partial charge on any atom is -0.367 e. The Morgan fingerprint density at radius 2 is 1.82 bits per heavy atom. The van der Waals surface area contributed by atoms with Gasteiger partial charge in [-0.1, -0.05) is 26.8 Å². The fourth-order valence-corrected chi connectivity index (χ4v) is 4.82. The van der Waals surface area contributed by atoms with E-state index >= 15 is 0 Å². The second kappa shape index (κ2) is 14.3. The molecule has 0 aliphatic carbocycles. The molecule has 6 nitrogen and oxygen atoms in total. The van der Waals surface area contributed by atoms with Gasteiger partial charge < -0.3 is 24.9 Å². The lowest BCUT2D eigenvalue weighted by molar-refractivity contribution is 0.255. The van der Waals surface area contributed by atoms with Gasteiger partial charge in [-0.15, -0.1) is 24.0 Å². The monoisotopic (exact) mass is 574 g/mol. The molecular weight excluding hydrogens is 530 g/mol. The van der Waals surface area contributed by atoms with Crippen molar-refractivity contribution in [2.45, 2.75) is 40.7 Å². The first-order valence-electron chi connectivity index (χ1n) is 12.6. The summed E-state index contributed by atoms with van der Waals surface area (Å²) in [6.45, 7) is 20.4. The van der Waals surface area contributed by atoms with Gasteiger partial charge in [0.15, 0.2) is 5.96 Å². The third-order valence-electron chi connectivity index (χ3n) is 6.91. The van der Waals surface area contributed by atoms with Gasteiger partial charge in [0.25, 0.3) is 0 Å². The van der Waals surface area contributed by atoms with E-state index in [1.165, 1.54) is 6.42 Å². The molecule has 0 radical (unpaired) electrons. The maximum absolute atomic E-state index is 14.9. The van der Waals surface area contributed by atoms with Crippen molar-refractivity contribution in [1.29, 1.82) is 0 Å². The molecule has 2 aliphatic rings. The van der Waals surface area contributed by atoms with Gasteiger partial charge in [-0.25, -0.2) is 9.38 Å². The number of halogens is 2.